The van der Waals surface area contributed by atoms with Gasteiger partial charge in [0.2, 0.25) is 0 Å². The molecule has 1 atom stereocenters. The summed E-state index contributed by atoms with van der Waals surface area (Å²) >= 11 is 7.41. The standard InChI is InChI=1S/C15H10ClF3OS/c16-13-7-11(4-5-12(13)14-8-20-14)21-10-3-1-2-9(6-10)15(17,18)19/h1-7,14H,8H2. The second-order valence-electron chi connectivity index (χ2n) is 4.63. The minimum atomic E-state index is -4.33. The average Bonchev–Trinajstić information content (AvgIpc) is 3.22. The molecule has 0 amide bonds. The maximum absolute atomic E-state index is 12.7. The lowest BCUT2D eigenvalue weighted by Gasteiger charge is -2.09. The van der Waals surface area contributed by atoms with Crippen molar-refractivity contribution in [2.75, 3.05) is 6.61 Å². The van der Waals surface area contributed by atoms with Crippen molar-refractivity contribution in [3.63, 3.8) is 0 Å². The third kappa shape index (κ3) is 3.54. The van der Waals surface area contributed by atoms with Gasteiger partial charge in [0.15, 0.2) is 0 Å². The predicted octanol–water partition coefficient (Wildman–Crippen LogP) is 5.58. The van der Waals surface area contributed by atoms with Crippen LogP contribution in [0.5, 0.6) is 0 Å². The van der Waals surface area contributed by atoms with Gasteiger partial charge in [-0.2, -0.15) is 13.2 Å². The van der Waals surface area contributed by atoms with Gasteiger partial charge >= 0.3 is 6.18 Å². The lowest BCUT2D eigenvalue weighted by atomic mass is 10.2. The quantitative estimate of drug-likeness (QED) is 0.681. The van der Waals surface area contributed by atoms with Gasteiger partial charge < -0.3 is 4.74 Å². The van der Waals surface area contributed by atoms with Gasteiger partial charge in [-0.3, -0.25) is 0 Å². The van der Waals surface area contributed by atoms with Crippen LogP contribution in [0.25, 0.3) is 0 Å². The number of hydrogen-bond acceptors (Lipinski definition) is 2. The summed E-state index contributed by atoms with van der Waals surface area (Å²) in [6, 6.07) is 10.7. The molecule has 1 aliphatic heterocycles. The van der Waals surface area contributed by atoms with Crippen molar-refractivity contribution >= 4 is 23.4 Å². The Kier molecular flexibility index (Phi) is 3.90. The van der Waals surface area contributed by atoms with Crippen LogP contribution >= 0.6 is 23.4 Å². The largest absolute Gasteiger partial charge is 0.416 e. The summed E-state index contributed by atoms with van der Waals surface area (Å²) in [5.41, 5.74) is 0.270. The molecule has 110 valence electrons. The first-order valence-corrected chi connectivity index (χ1v) is 7.39. The predicted molar refractivity (Wildman–Crippen MR) is 75.7 cm³/mol. The van der Waals surface area contributed by atoms with E-state index in [4.69, 9.17) is 16.3 Å². The Bertz CT molecular complexity index is 668. The van der Waals surface area contributed by atoms with E-state index in [1.165, 1.54) is 17.8 Å². The second-order valence-corrected chi connectivity index (χ2v) is 6.19. The van der Waals surface area contributed by atoms with E-state index in [2.05, 4.69) is 0 Å². The maximum Gasteiger partial charge on any atom is 0.416 e. The van der Waals surface area contributed by atoms with Crippen LogP contribution in [0.3, 0.4) is 0 Å². The van der Waals surface area contributed by atoms with Crippen LogP contribution in [0, 0.1) is 0 Å². The van der Waals surface area contributed by atoms with E-state index >= 15 is 0 Å². The molecule has 0 radical (unpaired) electrons. The van der Waals surface area contributed by atoms with Crippen molar-refractivity contribution in [3.05, 3.63) is 58.6 Å². The van der Waals surface area contributed by atoms with Crippen molar-refractivity contribution in [2.45, 2.75) is 22.1 Å². The highest BCUT2D eigenvalue weighted by molar-refractivity contribution is 7.99. The average molecular weight is 331 g/mol. The number of alkyl halides is 3. The minimum absolute atomic E-state index is 0.0603. The smallest absolute Gasteiger partial charge is 0.368 e. The highest BCUT2D eigenvalue weighted by atomic mass is 35.5. The summed E-state index contributed by atoms with van der Waals surface area (Å²) in [6.07, 6.45) is -4.27. The van der Waals surface area contributed by atoms with E-state index in [-0.39, 0.29) is 6.10 Å². The van der Waals surface area contributed by atoms with Gasteiger partial charge in [-0.05, 0) is 30.3 Å². The molecule has 21 heavy (non-hydrogen) atoms. The molecule has 1 saturated heterocycles. The van der Waals surface area contributed by atoms with Crippen molar-refractivity contribution in [1.29, 1.82) is 0 Å². The third-order valence-electron chi connectivity index (χ3n) is 3.05. The first kappa shape index (κ1) is 14.8. The highest BCUT2D eigenvalue weighted by Gasteiger charge is 2.30. The van der Waals surface area contributed by atoms with Crippen LogP contribution in [-0.4, -0.2) is 6.61 Å². The second kappa shape index (κ2) is 5.55. The Morgan fingerprint density at radius 2 is 1.81 bits per heavy atom. The molecule has 1 fully saturated rings. The molecule has 1 nitrogen and oxygen atoms in total. The van der Waals surface area contributed by atoms with E-state index in [1.54, 1.807) is 12.1 Å². The summed E-state index contributed by atoms with van der Waals surface area (Å²) < 4.78 is 43.2. The number of hydrogen-bond donors (Lipinski definition) is 0. The zero-order valence-corrected chi connectivity index (χ0v) is 12.2. The summed E-state index contributed by atoms with van der Waals surface area (Å²) in [4.78, 5) is 1.32. The fraction of sp³-hybridized carbons (Fsp3) is 0.200. The van der Waals surface area contributed by atoms with E-state index in [1.807, 2.05) is 12.1 Å². The molecule has 0 aliphatic carbocycles. The first-order chi connectivity index (χ1) is 9.93. The molecule has 3 rings (SSSR count). The van der Waals surface area contributed by atoms with Crippen LogP contribution in [0.15, 0.2) is 52.3 Å². The Morgan fingerprint density at radius 3 is 2.43 bits per heavy atom. The third-order valence-corrected chi connectivity index (χ3v) is 4.36. The number of ether oxygens (including phenoxy) is 1. The van der Waals surface area contributed by atoms with Crippen molar-refractivity contribution in [3.8, 4) is 0 Å². The minimum Gasteiger partial charge on any atom is -0.368 e. The molecule has 0 aromatic heterocycles. The summed E-state index contributed by atoms with van der Waals surface area (Å²) in [7, 11) is 0. The lowest BCUT2D eigenvalue weighted by Crippen LogP contribution is -2.04. The zero-order chi connectivity index (χ0) is 15.0. The molecule has 0 bridgehead atoms. The van der Waals surface area contributed by atoms with E-state index in [0.29, 0.717) is 16.5 Å². The molecule has 2 aromatic rings. The molecule has 2 aromatic carbocycles. The molecule has 0 saturated carbocycles. The van der Waals surface area contributed by atoms with E-state index < -0.39 is 11.7 Å². The van der Waals surface area contributed by atoms with Gasteiger partial charge in [0.05, 0.1) is 12.2 Å². The molecule has 6 heteroatoms. The van der Waals surface area contributed by atoms with Crippen LogP contribution in [0.1, 0.15) is 17.2 Å². The summed E-state index contributed by atoms with van der Waals surface area (Å²) in [6.45, 7) is 0.667. The topological polar surface area (TPSA) is 12.5 Å². The van der Waals surface area contributed by atoms with Gasteiger partial charge in [0, 0.05) is 20.4 Å². The molecule has 0 spiro atoms. The Hall–Kier alpha value is -1.17. The van der Waals surface area contributed by atoms with Crippen molar-refractivity contribution in [1.82, 2.24) is 0 Å². The monoisotopic (exact) mass is 330 g/mol. The van der Waals surface area contributed by atoms with E-state index in [9.17, 15) is 13.2 Å². The summed E-state index contributed by atoms with van der Waals surface area (Å²) in [5.74, 6) is 0. The van der Waals surface area contributed by atoms with Gasteiger partial charge in [0.25, 0.3) is 0 Å². The van der Waals surface area contributed by atoms with Crippen LogP contribution in [0.4, 0.5) is 13.2 Å². The number of benzene rings is 2. The van der Waals surface area contributed by atoms with Crippen LogP contribution < -0.4 is 0 Å². The summed E-state index contributed by atoms with van der Waals surface area (Å²) in [5, 5.41) is 0.578. The normalized spacial score (nSPS) is 17.8. The van der Waals surface area contributed by atoms with Crippen molar-refractivity contribution < 1.29 is 17.9 Å². The van der Waals surface area contributed by atoms with Gasteiger partial charge in [-0.25, -0.2) is 0 Å². The number of epoxide rings is 1. The highest BCUT2D eigenvalue weighted by Crippen LogP contribution is 2.39. The zero-order valence-electron chi connectivity index (χ0n) is 10.7. The van der Waals surface area contributed by atoms with E-state index in [0.717, 1.165) is 22.6 Å². The van der Waals surface area contributed by atoms with Crippen LogP contribution in [-0.2, 0) is 10.9 Å². The molecule has 1 unspecified atom stereocenters. The molecular weight excluding hydrogens is 321 g/mol. The lowest BCUT2D eigenvalue weighted by molar-refractivity contribution is -0.137. The Labute approximate surface area is 129 Å². The molecule has 0 N–H and O–H groups in total. The SMILES string of the molecule is FC(F)(F)c1cccc(Sc2ccc(C3CO3)c(Cl)c2)c1. The van der Waals surface area contributed by atoms with Gasteiger partial charge in [0.1, 0.15) is 6.10 Å². The fourth-order valence-corrected chi connectivity index (χ4v) is 3.22. The number of rotatable bonds is 3. The molecule has 1 aliphatic rings. The molecule has 1 heterocycles. The molecular formula is C15H10ClF3OS. The van der Waals surface area contributed by atoms with Gasteiger partial charge in [-0.15, -0.1) is 0 Å². The first-order valence-electron chi connectivity index (χ1n) is 6.19. The van der Waals surface area contributed by atoms with Crippen LogP contribution in [0.2, 0.25) is 5.02 Å². The Morgan fingerprint density at radius 1 is 1.10 bits per heavy atom. The van der Waals surface area contributed by atoms with Crippen molar-refractivity contribution in [2.24, 2.45) is 0 Å². The fourth-order valence-electron chi connectivity index (χ4n) is 1.93. The Balaban J connectivity index is 1.82. The maximum atomic E-state index is 12.7. The number of halogens is 4. The van der Waals surface area contributed by atoms with Gasteiger partial charge in [-0.1, -0.05) is 35.5 Å².